The van der Waals surface area contributed by atoms with Gasteiger partial charge in [0.05, 0.1) is 4.92 Å². The molecular formula is C13H17N3O3. The van der Waals surface area contributed by atoms with E-state index in [4.69, 9.17) is 0 Å². The molecule has 0 aromatic heterocycles. The molecule has 1 aromatic carbocycles. The van der Waals surface area contributed by atoms with Crippen molar-refractivity contribution in [2.75, 3.05) is 26.2 Å². The van der Waals surface area contributed by atoms with Crippen LogP contribution in [0.1, 0.15) is 11.1 Å². The summed E-state index contributed by atoms with van der Waals surface area (Å²) in [4.78, 5) is 25.1. The normalized spacial score (nSPS) is 16.4. The summed E-state index contributed by atoms with van der Waals surface area (Å²) < 4.78 is 0. The zero-order chi connectivity index (χ0) is 13.8. The van der Waals surface area contributed by atoms with Gasteiger partial charge in [-0.15, -0.1) is 0 Å². The van der Waals surface area contributed by atoms with E-state index in [2.05, 4.69) is 4.90 Å². The van der Waals surface area contributed by atoms with E-state index in [1.807, 2.05) is 6.07 Å². The van der Waals surface area contributed by atoms with Crippen LogP contribution in [0, 0.1) is 17.0 Å². The van der Waals surface area contributed by atoms with Crippen LogP contribution in [0.25, 0.3) is 0 Å². The molecule has 1 fully saturated rings. The highest BCUT2D eigenvalue weighted by atomic mass is 16.6. The molecule has 0 aliphatic carbocycles. The Labute approximate surface area is 111 Å². The molecule has 1 heterocycles. The highest BCUT2D eigenvalue weighted by Crippen LogP contribution is 2.20. The lowest BCUT2D eigenvalue weighted by Gasteiger charge is -2.32. The first-order chi connectivity index (χ1) is 9.10. The van der Waals surface area contributed by atoms with Crippen molar-refractivity contribution in [2.45, 2.75) is 13.5 Å². The fourth-order valence-corrected chi connectivity index (χ4v) is 2.24. The Balaban J connectivity index is 2.02. The Bertz CT molecular complexity index is 482. The monoisotopic (exact) mass is 263 g/mol. The third-order valence-electron chi connectivity index (χ3n) is 3.43. The van der Waals surface area contributed by atoms with Gasteiger partial charge in [-0.1, -0.05) is 12.1 Å². The summed E-state index contributed by atoms with van der Waals surface area (Å²) in [6.07, 6.45) is 0.869. The molecule has 1 amide bonds. The van der Waals surface area contributed by atoms with Gasteiger partial charge in [-0.2, -0.15) is 0 Å². The van der Waals surface area contributed by atoms with Crippen LogP contribution < -0.4 is 0 Å². The van der Waals surface area contributed by atoms with Gasteiger partial charge in [-0.3, -0.25) is 19.8 Å². The number of amides is 1. The quantitative estimate of drug-likeness (QED) is 0.465. The highest BCUT2D eigenvalue weighted by molar-refractivity contribution is 5.47. The van der Waals surface area contributed by atoms with Crippen LogP contribution in [0.2, 0.25) is 0 Å². The van der Waals surface area contributed by atoms with Crippen molar-refractivity contribution >= 4 is 12.1 Å². The number of carbonyl (C=O) groups is 1. The summed E-state index contributed by atoms with van der Waals surface area (Å²) in [6, 6.07) is 5.35. The molecule has 0 spiro atoms. The van der Waals surface area contributed by atoms with Gasteiger partial charge >= 0.3 is 0 Å². The van der Waals surface area contributed by atoms with E-state index < -0.39 is 0 Å². The number of hydrogen-bond donors (Lipinski definition) is 0. The Morgan fingerprint density at radius 2 is 2.00 bits per heavy atom. The summed E-state index contributed by atoms with van der Waals surface area (Å²) in [6.45, 7) is 5.48. The van der Waals surface area contributed by atoms with Crippen LogP contribution in [0.3, 0.4) is 0 Å². The van der Waals surface area contributed by atoms with Crippen molar-refractivity contribution in [2.24, 2.45) is 0 Å². The summed E-state index contributed by atoms with van der Waals surface area (Å²) in [5, 5.41) is 10.9. The maximum Gasteiger partial charge on any atom is 0.272 e. The summed E-state index contributed by atoms with van der Waals surface area (Å²) in [5.74, 6) is 0. The van der Waals surface area contributed by atoms with Crippen LogP contribution >= 0.6 is 0 Å². The molecule has 1 aliphatic rings. The molecule has 0 radical (unpaired) electrons. The van der Waals surface area contributed by atoms with Crippen LogP contribution in [-0.4, -0.2) is 47.3 Å². The zero-order valence-corrected chi connectivity index (χ0v) is 10.9. The SMILES string of the molecule is Cc1ccc(CN2CCN(C=O)CC2)cc1[N+](=O)[O-]. The molecule has 0 atom stereocenters. The minimum atomic E-state index is -0.344. The second-order valence-corrected chi connectivity index (χ2v) is 4.80. The predicted octanol–water partition coefficient (Wildman–Crippen LogP) is 1.18. The molecule has 1 aliphatic heterocycles. The van der Waals surface area contributed by atoms with Crippen LogP contribution in [-0.2, 0) is 11.3 Å². The largest absolute Gasteiger partial charge is 0.343 e. The van der Waals surface area contributed by atoms with Gasteiger partial charge in [0, 0.05) is 44.4 Å². The van der Waals surface area contributed by atoms with Gasteiger partial charge < -0.3 is 4.90 Å². The number of carbonyl (C=O) groups excluding carboxylic acids is 1. The second-order valence-electron chi connectivity index (χ2n) is 4.80. The molecular weight excluding hydrogens is 246 g/mol. The van der Waals surface area contributed by atoms with Crippen LogP contribution in [0.4, 0.5) is 5.69 Å². The number of rotatable bonds is 4. The van der Waals surface area contributed by atoms with Crippen LogP contribution in [0.15, 0.2) is 18.2 Å². The molecule has 102 valence electrons. The van der Waals surface area contributed by atoms with Crippen molar-refractivity contribution in [1.82, 2.24) is 9.80 Å². The minimum absolute atomic E-state index is 0.170. The van der Waals surface area contributed by atoms with Crippen molar-refractivity contribution in [3.05, 3.63) is 39.4 Å². The van der Waals surface area contributed by atoms with E-state index in [9.17, 15) is 14.9 Å². The summed E-state index contributed by atoms with van der Waals surface area (Å²) >= 11 is 0. The molecule has 0 N–H and O–H groups in total. The minimum Gasteiger partial charge on any atom is -0.343 e. The summed E-state index contributed by atoms with van der Waals surface area (Å²) in [5.41, 5.74) is 1.79. The molecule has 0 saturated carbocycles. The molecule has 0 bridgehead atoms. The molecule has 1 saturated heterocycles. The maximum atomic E-state index is 10.9. The smallest absolute Gasteiger partial charge is 0.272 e. The molecule has 2 rings (SSSR count). The predicted molar refractivity (Wildman–Crippen MR) is 70.7 cm³/mol. The first-order valence-electron chi connectivity index (χ1n) is 6.26. The third-order valence-corrected chi connectivity index (χ3v) is 3.43. The van der Waals surface area contributed by atoms with Gasteiger partial charge in [0.1, 0.15) is 0 Å². The van der Waals surface area contributed by atoms with Crippen molar-refractivity contribution in [3.63, 3.8) is 0 Å². The number of benzene rings is 1. The number of aryl methyl sites for hydroxylation is 1. The lowest BCUT2D eigenvalue weighted by Crippen LogP contribution is -2.45. The Kier molecular flexibility index (Phi) is 4.11. The second kappa shape index (κ2) is 5.79. The van der Waals surface area contributed by atoms with Gasteiger partial charge in [-0.05, 0) is 12.5 Å². The number of nitro benzene ring substituents is 1. The van der Waals surface area contributed by atoms with Gasteiger partial charge in [-0.25, -0.2) is 0 Å². The van der Waals surface area contributed by atoms with Gasteiger partial charge in [0.15, 0.2) is 0 Å². The van der Waals surface area contributed by atoms with E-state index in [1.54, 1.807) is 24.0 Å². The Hall–Kier alpha value is -1.95. The number of hydrogen-bond acceptors (Lipinski definition) is 4. The van der Waals surface area contributed by atoms with E-state index in [1.165, 1.54) is 0 Å². The first kappa shape index (κ1) is 13.5. The molecule has 1 aromatic rings. The van der Waals surface area contributed by atoms with Crippen molar-refractivity contribution in [3.8, 4) is 0 Å². The first-order valence-corrected chi connectivity index (χ1v) is 6.26. The van der Waals surface area contributed by atoms with E-state index in [-0.39, 0.29) is 10.6 Å². The average molecular weight is 263 g/mol. The standard InChI is InChI=1S/C13H17N3O3/c1-11-2-3-12(8-13(11)16(18)19)9-14-4-6-15(10-17)7-5-14/h2-3,8,10H,4-7,9H2,1H3. The van der Waals surface area contributed by atoms with Crippen molar-refractivity contribution in [1.29, 1.82) is 0 Å². The van der Waals surface area contributed by atoms with Crippen molar-refractivity contribution < 1.29 is 9.72 Å². The zero-order valence-electron chi connectivity index (χ0n) is 10.9. The number of piperazine rings is 1. The molecule has 19 heavy (non-hydrogen) atoms. The lowest BCUT2D eigenvalue weighted by molar-refractivity contribution is -0.385. The molecule has 6 heteroatoms. The number of nitrogens with zero attached hydrogens (tertiary/aromatic N) is 3. The van der Waals surface area contributed by atoms with E-state index >= 15 is 0 Å². The Morgan fingerprint density at radius 3 is 2.58 bits per heavy atom. The maximum absolute atomic E-state index is 10.9. The van der Waals surface area contributed by atoms with E-state index in [0.717, 1.165) is 38.2 Å². The topological polar surface area (TPSA) is 66.7 Å². The van der Waals surface area contributed by atoms with Gasteiger partial charge in [0.2, 0.25) is 6.41 Å². The molecule has 6 nitrogen and oxygen atoms in total. The van der Waals surface area contributed by atoms with Crippen LogP contribution in [0.5, 0.6) is 0 Å². The third kappa shape index (κ3) is 3.29. The summed E-state index contributed by atoms with van der Waals surface area (Å²) in [7, 11) is 0. The fourth-order valence-electron chi connectivity index (χ4n) is 2.24. The fraction of sp³-hybridized carbons (Fsp3) is 0.462. The van der Waals surface area contributed by atoms with E-state index in [0.29, 0.717) is 12.1 Å². The average Bonchev–Trinajstić information content (AvgIpc) is 2.41. The lowest BCUT2D eigenvalue weighted by atomic mass is 10.1. The number of nitro groups is 1. The van der Waals surface area contributed by atoms with Gasteiger partial charge in [0.25, 0.3) is 5.69 Å². The Morgan fingerprint density at radius 1 is 1.32 bits per heavy atom. The molecule has 0 unspecified atom stereocenters. The highest BCUT2D eigenvalue weighted by Gasteiger charge is 2.17.